The zero-order chi connectivity index (χ0) is 16.5. The predicted molar refractivity (Wildman–Crippen MR) is 81.0 cm³/mol. The molecule has 1 saturated carbocycles. The van der Waals surface area contributed by atoms with Crippen LogP contribution in [0.1, 0.15) is 44.0 Å². The van der Waals surface area contributed by atoms with Gasteiger partial charge < -0.3 is 5.32 Å². The lowest BCUT2D eigenvalue weighted by Gasteiger charge is -2.47. The molecule has 2 nitrogen and oxygen atoms in total. The summed E-state index contributed by atoms with van der Waals surface area (Å²) in [6, 6.07) is 6.57. The van der Waals surface area contributed by atoms with Gasteiger partial charge in [-0.25, -0.2) is 0 Å². The highest BCUT2D eigenvalue weighted by Crippen LogP contribution is 2.52. The summed E-state index contributed by atoms with van der Waals surface area (Å²) in [4.78, 5) is 10.6. The maximum absolute atomic E-state index is 13.4. The molecule has 3 unspecified atom stereocenters. The van der Waals surface area contributed by atoms with Gasteiger partial charge in [-0.3, -0.25) is 4.79 Å². The number of aldehydes is 1. The van der Waals surface area contributed by atoms with Gasteiger partial charge in [-0.1, -0.05) is 20.8 Å². The molecule has 0 aromatic heterocycles. The van der Waals surface area contributed by atoms with Gasteiger partial charge in [0.25, 0.3) is 0 Å². The van der Waals surface area contributed by atoms with E-state index >= 15 is 0 Å². The average molecular weight is 313 g/mol. The Hall–Kier alpha value is -1.52. The molecule has 0 bridgehead atoms. The minimum absolute atomic E-state index is 0.221. The second-order valence-electron chi connectivity index (χ2n) is 6.90. The van der Waals surface area contributed by atoms with E-state index in [1.54, 1.807) is 45.0 Å². The molecule has 1 N–H and O–H groups in total. The first-order chi connectivity index (χ1) is 10.1. The van der Waals surface area contributed by atoms with Gasteiger partial charge in [-0.2, -0.15) is 13.2 Å². The van der Waals surface area contributed by atoms with Crippen molar-refractivity contribution in [1.29, 1.82) is 0 Å². The molecule has 0 radical (unpaired) electrons. The fourth-order valence-electron chi connectivity index (χ4n) is 3.71. The topological polar surface area (TPSA) is 29.1 Å². The molecule has 5 heteroatoms. The van der Waals surface area contributed by atoms with E-state index < -0.39 is 23.4 Å². The molecule has 0 spiro atoms. The normalized spacial score (nSPS) is 28.2. The lowest BCUT2D eigenvalue weighted by Crippen LogP contribution is -2.50. The largest absolute Gasteiger partial charge is 0.392 e. The molecule has 1 aliphatic rings. The predicted octanol–water partition coefficient (Wildman–Crippen LogP) is 4.91. The standard InChI is InChI=1S/C17H22F3NO/c1-11-14(21-13-6-4-12(10-22)5-7-13)8-9-16(2,3)15(11)17(18,19)20/h4-7,10-11,14-15,21H,8-9H2,1-3H3. The Morgan fingerprint density at radius 2 is 1.82 bits per heavy atom. The summed E-state index contributed by atoms with van der Waals surface area (Å²) in [7, 11) is 0. The number of hydrogen-bond acceptors (Lipinski definition) is 2. The minimum atomic E-state index is -4.19. The third kappa shape index (κ3) is 3.45. The number of hydrogen-bond donors (Lipinski definition) is 1. The van der Waals surface area contributed by atoms with E-state index in [0.717, 1.165) is 12.0 Å². The number of rotatable bonds is 3. The van der Waals surface area contributed by atoms with E-state index in [1.807, 2.05) is 0 Å². The second-order valence-corrected chi connectivity index (χ2v) is 6.90. The Balaban J connectivity index is 2.16. The average Bonchev–Trinajstić information content (AvgIpc) is 2.41. The van der Waals surface area contributed by atoms with Crippen LogP contribution in [0.25, 0.3) is 0 Å². The quantitative estimate of drug-likeness (QED) is 0.803. The van der Waals surface area contributed by atoms with E-state index in [1.165, 1.54) is 0 Å². The van der Waals surface area contributed by atoms with Crippen LogP contribution < -0.4 is 5.32 Å². The van der Waals surface area contributed by atoms with Gasteiger partial charge in [-0.15, -0.1) is 0 Å². The molecule has 122 valence electrons. The highest BCUT2D eigenvalue weighted by molar-refractivity contribution is 5.75. The van der Waals surface area contributed by atoms with Gasteiger partial charge in [-0.05, 0) is 48.4 Å². The fourth-order valence-corrected chi connectivity index (χ4v) is 3.71. The first-order valence-corrected chi connectivity index (χ1v) is 7.53. The van der Waals surface area contributed by atoms with Crippen molar-refractivity contribution in [3.05, 3.63) is 29.8 Å². The molecule has 22 heavy (non-hydrogen) atoms. The number of carbonyl (C=O) groups excluding carboxylic acids is 1. The van der Waals surface area contributed by atoms with E-state index in [2.05, 4.69) is 5.32 Å². The van der Waals surface area contributed by atoms with Crippen LogP contribution >= 0.6 is 0 Å². The molecule has 0 heterocycles. The van der Waals surface area contributed by atoms with Crippen LogP contribution in [-0.2, 0) is 0 Å². The van der Waals surface area contributed by atoms with Crippen LogP contribution in [-0.4, -0.2) is 18.5 Å². The van der Waals surface area contributed by atoms with Crippen LogP contribution in [0.3, 0.4) is 0 Å². The molecule has 1 aromatic carbocycles. The zero-order valence-corrected chi connectivity index (χ0v) is 13.1. The molecule has 0 saturated heterocycles. The molecule has 1 aromatic rings. The smallest absolute Gasteiger partial charge is 0.382 e. The molecular weight excluding hydrogens is 291 g/mol. The maximum atomic E-state index is 13.4. The van der Waals surface area contributed by atoms with Gasteiger partial charge in [0.05, 0.1) is 5.92 Å². The summed E-state index contributed by atoms with van der Waals surface area (Å²) in [6.07, 6.45) is -2.21. The third-order valence-electron chi connectivity index (χ3n) is 4.85. The van der Waals surface area contributed by atoms with E-state index in [4.69, 9.17) is 0 Å². The van der Waals surface area contributed by atoms with Gasteiger partial charge in [0.2, 0.25) is 0 Å². The van der Waals surface area contributed by atoms with Crippen molar-refractivity contribution < 1.29 is 18.0 Å². The first-order valence-electron chi connectivity index (χ1n) is 7.53. The van der Waals surface area contributed by atoms with Crippen molar-refractivity contribution >= 4 is 12.0 Å². The van der Waals surface area contributed by atoms with Crippen molar-refractivity contribution in [2.24, 2.45) is 17.3 Å². The number of halogens is 3. The van der Waals surface area contributed by atoms with Gasteiger partial charge in [0.15, 0.2) is 0 Å². The highest BCUT2D eigenvalue weighted by Gasteiger charge is 2.55. The van der Waals surface area contributed by atoms with E-state index in [-0.39, 0.29) is 6.04 Å². The Morgan fingerprint density at radius 1 is 1.23 bits per heavy atom. The van der Waals surface area contributed by atoms with Crippen LogP contribution in [0.15, 0.2) is 24.3 Å². The van der Waals surface area contributed by atoms with Gasteiger partial charge in [0.1, 0.15) is 6.29 Å². The van der Waals surface area contributed by atoms with E-state index in [9.17, 15) is 18.0 Å². The van der Waals surface area contributed by atoms with Gasteiger partial charge >= 0.3 is 6.18 Å². The summed E-state index contributed by atoms with van der Waals surface area (Å²) >= 11 is 0. The number of anilines is 1. The summed E-state index contributed by atoms with van der Waals surface area (Å²) < 4.78 is 40.3. The summed E-state index contributed by atoms with van der Waals surface area (Å²) in [6.45, 7) is 5.09. The molecule has 3 atom stereocenters. The monoisotopic (exact) mass is 313 g/mol. The number of carbonyl (C=O) groups is 1. The third-order valence-corrected chi connectivity index (χ3v) is 4.85. The van der Waals surface area contributed by atoms with Gasteiger partial charge in [0, 0.05) is 17.3 Å². The SMILES string of the molecule is CC1C(Nc2ccc(C=O)cc2)CCC(C)(C)C1C(F)(F)F. The number of benzene rings is 1. The molecule has 1 fully saturated rings. The first kappa shape index (κ1) is 16.8. The van der Waals surface area contributed by atoms with E-state index in [0.29, 0.717) is 18.4 Å². The van der Waals surface area contributed by atoms with Crippen molar-refractivity contribution in [3.8, 4) is 0 Å². The number of alkyl halides is 3. The van der Waals surface area contributed by atoms with Crippen molar-refractivity contribution in [2.45, 2.75) is 45.8 Å². The molecular formula is C17H22F3NO. The summed E-state index contributed by atoms with van der Waals surface area (Å²) in [5.41, 5.74) is 0.566. The Morgan fingerprint density at radius 3 is 2.32 bits per heavy atom. The molecule has 0 amide bonds. The number of nitrogens with one attached hydrogen (secondary N) is 1. The highest BCUT2D eigenvalue weighted by atomic mass is 19.4. The fraction of sp³-hybridized carbons (Fsp3) is 0.588. The lowest BCUT2D eigenvalue weighted by atomic mass is 9.62. The summed E-state index contributed by atoms with van der Waals surface area (Å²) in [5.74, 6) is -1.82. The molecule has 1 aliphatic carbocycles. The Kier molecular flexibility index (Phi) is 4.54. The van der Waals surface area contributed by atoms with Crippen LogP contribution in [0, 0.1) is 17.3 Å². The van der Waals surface area contributed by atoms with Crippen LogP contribution in [0.5, 0.6) is 0 Å². The second kappa shape index (κ2) is 5.94. The Bertz CT molecular complexity index is 522. The van der Waals surface area contributed by atoms with Crippen molar-refractivity contribution in [1.82, 2.24) is 0 Å². The van der Waals surface area contributed by atoms with Crippen LogP contribution in [0.4, 0.5) is 18.9 Å². The molecule has 2 rings (SSSR count). The zero-order valence-electron chi connectivity index (χ0n) is 13.1. The summed E-state index contributed by atoms with van der Waals surface area (Å²) in [5, 5.41) is 3.21. The Labute approximate surface area is 129 Å². The lowest BCUT2D eigenvalue weighted by molar-refractivity contribution is -0.227. The molecule has 0 aliphatic heterocycles. The van der Waals surface area contributed by atoms with Crippen molar-refractivity contribution in [2.75, 3.05) is 5.32 Å². The minimum Gasteiger partial charge on any atom is -0.382 e. The maximum Gasteiger partial charge on any atom is 0.392 e. The van der Waals surface area contributed by atoms with Crippen LogP contribution in [0.2, 0.25) is 0 Å². The van der Waals surface area contributed by atoms with Crippen molar-refractivity contribution in [3.63, 3.8) is 0 Å².